The van der Waals surface area contributed by atoms with Crippen molar-refractivity contribution in [2.24, 2.45) is 0 Å². The van der Waals surface area contributed by atoms with Crippen LogP contribution in [0.3, 0.4) is 0 Å². The van der Waals surface area contributed by atoms with E-state index in [9.17, 15) is 4.79 Å². The molecule has 0 unspecified atom stereocenters. The van der Waals surface area contributed by atoms with Gasteiger partial charge >= 0.3 is 0 Å². The molecule has 1 amide bonds. The van der Waals surface area contributed by atoms with Crippen LogP contribution < -0.4 is 10.1 Å². The quantitative estimate of drug-likeness (QED) is 0.450. The summed E-state index contributed by atoms with van der Waals surface area (Å²) in [4.78, 5) is 21.0. The van der Waals surface area contributed by atoms with E-state index in [1.54, 1.807) is 42.5 Å². The molecule has 148 valence electrons. The van der Waals surface area contributed by atoms with Crippen molar-refractivity contribution in [3.8, 4) is 22.9 Å². The summed E-state index contributed by atoms with van der Waals surface area (Å²) in [5.74, 6) is 0.734. The van der Waals surface area contributed by atoms with Crippen LogP contribution in [0.1, 0.15) is 15.9 Å². The third-order valence-corrected chi connectivity index (χ3v) is 4.65. The van der Waals surface area contributed by atoms with E-state index in [1.807, 2.05) is 42.5 Å². The average molecular weight is 416 g/mol. The van der Waals surface area contributed by atoms with Crippen LogP contribution in [0.15, 0.2) is 91.3 Å². The zero-order valence-corrected chi connectivity index (χ0v) is 16.7. The standard InChI is InChI=1S/C24H18ClN3O2/c25-20-11-9-17(10-12-20)15-26-24(29)19-7-4-8-21(13-19)30-23-14-22(27-16-28-23)18-5-2-1-3-6-18/h1-14,16H,15H2,(H,26,29). The molecule has 1 aromatic heterocycles. The molecule has 0 fully saturated rings. The van der Waals surface area contributed by atoms with Gasteiger partial charge in [0.2, 0.25) is 5.88 Å². The predicted octanol–water partition coefficient (Wildman–Crippen LogP) is 5.52. The number of carbonyl (C=O) groups excluding carboxylic acids is 1. The van der Waals surface area contributed by atoms with Crippen molar-refractivity contribution in [2.45, 2.75) is 6.54 Å². The molecule has 0 aliphatic heterocycles. The van der Waals surface area contributed by atoms with E-state index >= 15 is 0 Å². The summed E-state index contributed by atoms with van der Waals surface area (Å²) in [5, 5.41) is 3.56. The van der Waals surface area contributed by atoms with Crippen LogP contribution in [0, 0.1) is 0 Å². The maximum Gasteiger partial charge on any atom is 0.251 e. The van der Waals surface area contributed by atoms with Crippen molar-refractivity contribution in [3.63, 3.8) is 0 Å². The largest absolute Gasteiger partial charge is 0.439 e. The Hall–Kier alpha value is -3.70. The van der Waals surface area contributed by atoms with E-state index in [-0.39, 0.29) is 5.91 Å². The molecule has 0 bridgehead atoms. The Bertz CT molecular complexity index is 1150. The fourth-order valence-corrected chi connectivity index (χ4v) is 3.00. The molecule has 1 heterocycles. The second-order valence-corrected chi connectivity index (χ2v) is 6.98. The van der Waals surface area contributed by atoms with Gasteiger partial charge in [0.05, 0.1) is 5.69 Å². The summed E-state index contributed by atoms with van der Waals surface area (Å²) in [6, 6.07) is 25.9. The lowest BCUT2D eigenvalue weighted by Crippen LogP contribution is -2.22. The fraction of sp³-hybridized carbons (Fsp3) is 0.0417. The molecule has 0 radical (unpaired) electrons. The van der Waals surface area contributed by atoms with E-state index in [2.05, 4.69) is 15.3 Å². The van der Waals surface area contributed by atoms with Gasteiger partial charge in [0.25, 0.3) is 5.91 Å². The number of nitrogens with zero attached hydrogens (tertiary/aromatic N) is 2. The predicted molar refractivity (Wildman–Crippen MR) is 117 cm³/mol. The third-order valence-electron chi connectivity index (χ3n) is 4.40. The number of aromatic nitrogens is 2. The fourth-order valence-electron chi connectivity index (χ4n) is 2.87. The van der Waals surface area contributed by atoms with Crippen LogP contribution in [0.4, 0.5) is 0 Å². The van der Waals surface area contributed by atoms with E-state index in [0.717, 1.165) is 16.8 Å². The molecule has 1 N–H and O–H groups in total. The van der Waals surface area contributed by atoms with E-state index in [1.165, 1.54) is 6.33 Å². The molecule has 0 aliphatic carbocycles. The summed E-state index contributed by atoms with van der Waals surface area (Å²) < 4.78 is 5.86. The second-order valence-electron chi connectivity index (χ2n) is 6.55. The van der Waals surface area contributed by atoms with Gasteiger partial charge < -0.3 is 10.1 Å². The molecule has 6 heteroatoms. The van der Waals surface area contributed by atoms with Gasteiger partial charge in [0.1, 0.15) is 12.1 Å². The van der Waals surface area contributed by atoms with Crippen molar-refractivity contribution in [1.29, 1.82) is 0 Å². The van der Waals surface area contributed by atoms with Crippen molar-refractivity contribution in [3.05, 3.63) is 107 Å². The molecule has 0 atom stereocenters. The lowest BCUT2D eigenvalue weighted by Gasteiger charge is -2.09. The van der Waals surface area contributed by atoms with E-state index in [4.69, 9.17) is 16.3 Å². The molecule has 4 aromatic rings. The highest BCUT2D eigenvalue weighted by Gasteiger charge is 2.09. The van der Waals surface area contributed by atoms with Crippen LogP contribution >= 0.6 is 11.6 Å². The molecule has 0 aliphatic rings. The van der Waals surface area contributed by atoms with Gasteiger partial charge in [-0.2, -0.15) is 0 Å². The topological polar surface area (TPSA) is 64.1 Å². The summed E-state index contributed by atoms with van der Waals surface area (Å²) in [5.41, 5.74) is 3.20. The van der Waals surface area contributed by atoms with Crippen LogP contribution in [-0.2, 0) is 6.54 Å². The Morgan fingerprint density at radius 1 is 0.900 bits per heavy atom. The molecule has 0 spiro atoms. The first-order valence-corrected chi connectivity index (χ1v) is 9.73. The van der Waals surface area contributed by atoms with Crippen molar-refractivity contribution < 1.29 is 9.53 Å². The zero-order chi connectivity index (χ0) is 20.8. The zero-order valence-electron chi connectivity index (χ0n) is 16.0. The molecule has 30 heavy (non-hydrogen) atoms. The van der Waals surface area contributed by atoms with Gasteiger partial charge in [0.15, 0.2) is 0 Å². The van der Waals surface area contributed by atoms with Crippen LogP contribution in [0.25, 0.3) is 11.3 Å². The minimum absolute atomic E-state index is 0.192. The van der Waals surface area contributed by atoms with Crippen LogP contribution in [0.5, 0.6) is 11.6 Å². The maximum atomic E-state index is 12.5. The Morgan fingerprint density at radius 2 is 1.70 bits per heavy atom. The second kappa shape index (κ2) is 9.20. The number of rotatable bonds is 6. The molecule has 3 aromatic carbocycles. The van der Waals surface area contributed by atoms with Gasteiger partial charge in [-0.25, -0.2) is 9.97 Å². The number of nitrogens with one attached hydrogen (secondary N) is 1. The lowest BCUT2D eigenvalue weighted by molar-refractivity contribution is 0.0950. The van der Waals surface area contributed by atoms with Crippen LogP contribution in [0.2, 0.25) is 5.02 Å². The maximum absolute atomic E-state index is 12.5. The first-order chi connectivity index (χ1) is 14.7. The summed E-state index contributed by atoms with van der Waals surface area (Å²) in [7, 11) is 0. The first-order valence-electron chi connectivity index (χ1n) is 9.35. The normalized spacial score (nSPS) is 10.4. The SMILES string of the molecule is O=C(NCc1ccc(Cl)cc1)c1cccc(Oc2cc(-c3ccccc3)ncn2)c1. The lowest BCUT2D eigenvalue weighted by atomic mass is 10.1. The van der Waals surface area contributed by atoms with Gasteiger partial charge in [-0.1, -0.05) is 60.1 Å². The molecular formula is C24H18ClN3O2. The number of ether oxygens (including phenoxy) is 1. The van der Waals surface area contributed by atoms with Crippen molar-refractivity contribution >= 4 is 17.5 Å². The Kier molecular flexibility index (Phi) is 6.01. The third kappa shape index (κ3) is 5.01. The minimum atomic E-state index is -0.192. The van der Waals surface area contributed by atoms with E-state index in [0.29, 0.717) is 28.8 Å². The minimum Gasteiger partial charge on any atom is -0.439 e. The summed E-state index contributed by atoms with van der Waals surface area (Å²) in [6.07, 6.45) is 1.46. The smallest absolute Gasteiger partial charge is 0.251 e. The molecule has 4 rings (SSSR count). The Labute approximate surface area is 179 Å². The van der Waals surface area contributed by atoms with Gasteiger partial charge in [0, 0.05) is 28.8 Å². The number of benzene rings is 3. The monoisotopic (exact) mass is 415 g/mol. The van der Waals surface area contributed by atoms with Gasteiger partial charge in [-0.3, -0.25) is 4.79 Å². The van der Waals surface area contributed by atoms with Crippen molar-refractivity contribution in [2.75, 3.05) is 0 Å². The number of halogens is 1. The molecular weight excluding hydrogens is 398 g/mol. The summed E-state index contributed by atoms with van der Waals surface area (Å²) in [6.45, 7) is 0.410. The van der Waals surface area contributed by atoms with Gasteiger partial charge in [-0.05, 0) is 35.9 Å². The highest BCUT2D eigenvalue weighted by molar-refractivity contribution is 6.30. The first kappa shape index (κ1) is 19.6. The van der Waals surface area contributed by atoms with Gasteiger partial charge in [-0.15, -0.1) is 0 Å². The van der Waals surface area contributed by atoms with Crippen LogP contribution in [-0.4, -0.2) is 15.9 Å². The summed E-state index contributed by atoms with van der Waals surface area (Å²) >= 11 is 5.89. The molecule has 0 saturated carbocycles. The number of hydrogen-bond acceptors (Lipinski definition) is 4. The number of amides is 1. The highest BCUT2D eigenvalue weighted by Crippen LogP contribution is 2.24. The molecule has 5 nitrogen and oxygen atoms in total. The highest BCUT2D eigenvalue weighted by atomic mass is 35.5. The Morgan fingerprint density at radius 3 is 2.50 bits per heavy atom. The molecule has 0 saturated heterocycles. The van der Waals surface area contributed by atoms with E-state index < -0.39 is 0 Å². The average Bonchev–Trinajstić information content (AvgIpc) is 2.79. The number of carbonyl (C=O) groups is 1. The Balaban J connectivity index is 1.44. The number of hydrogen-bond donors (Lipinski definition) is 1. The van der Waals surface area contributed by atoms with Crippen molar-refractivity contribution in [1.82, 2.24) is 15.3 Å².